The molecule has 5 heteroatoms. The summed E-state index contributed by atoms with van der Waals surface area (Å²) in [4.78, 5) is 9.38. The van der Waals surface area contributed by atoms with Gasteiger partial charge in [0.15, 0.2) is 5.96 Å². The van der Waals surface area contributed by atoms with Crippen molar-refractivity contribution in [3.05, 3.63) is 64.4 Å². The molecular weight excluding hydrogens is 328 g/mol. The average Bonchev–Trinajstić information content (AvgIpc) is 3.32. The maximum absolute atomic E-state index is 4.83. The van der Waals surface area contributed by atoms with Crippen LogP contribution in [0, 0.1) is 0 Å². The minimum atomic E-state index is 0.686. The molecule has 2 heterocycles. The van der Waals surface area contributed by atoms with Gasteiger partial charge >= 0.3 is 0 Å². The number of nitrogens with zero attached hydrogens (tertiary/aromatic N) is 3. The van der Waals surface area contributed by atoms with E-state index in [9.17, 15) is 0 Å². The highest BCUT2D eigenvalue weighted by molar-refractivity contribution is 7.07. The lowest BCUT2D eigenvalue weighted by Crippen LogP contribution is -2.38. The van der Waals surface area contributed by atoms with Gasteiger partial charge in [-0.3, -0.25) is 0 Å². The van der Waals surface area contributed by atoms with Crippen LogP contribution in [-0.2, 0) is 13.1 Å². The number of rotatable bonds is 6. The van der Waals surface area contributed by atoms with Gasteiger partial charge < -0.3 is 15.1 Å². The van der Waals surface area contributed by atoms with Gasteiger partial charge in [0.05, 0.1) is 6.54 Å². The molecule has 0 spiro atoms. The molecule has 0 saturated heterocycles. The molecule has 1 aromatic carbocycles. The number of aliphatic imine (C=N–C) groups is 1. The fraction of sp³-hybridized carbons (Fsp3) is 0.350. The van der Waals surface area contributed by atoms with E-state index in [2.05, 4.69) is 82.3 Å². The van der Waals surface area contributed by atoms with Crippen molar-refractivity contribution in [1.29, 1.82) is 0 Å². The van der Waals surface area contributed by atoms with Crippen LogP contribution in [-0.4, -0.2) is 37.5 Å². The molecule has 0 aliphatic carbocycles. The van der Waals surface area contributed by atoms with Crippen molar-refractivity contribution in [3.8, 4) is 0 Å². The molecule has 1 N–H and O–H groups in total. The Bertz CT molecular complexity index is 713. The first kappa shape index (κ1) is 17.5. The molecule has 4 nitrogen and oxygen atoms in total. The van der Waals surface area contributed by atoms with Gasteiger partial charge in [-0.2, -0.15) is 11.3 Å². The van der Waals surface area contributed by atoms with Crippen molar-refractivity contribution in [3.63, 3.8) is 0 Å². The monoisotopic (exact) mass is 354 g/mol. The molecule has 1 aliphatic rings. The molecule has 3 rings (SSSR count). The zero-order chi connectivity index (χ0) is 17.5. The Morgan fingerprint density at radius 2 is 2.08 bits per heavy atom. The summed E-state index contributed by atoms with van der Waals surface area (Å²) in [6, 6.07) is 10.9. The van der Waals surface area contributed by atoms with E-state index in [4.69, 9.17) is 4.99 Å². The third kappa shape index (κ3) is 4.86. The quantitative estimate of drug-likeness (QED) is 0.487. The van der Waals surface area contributed by atoms with Crippen LogP contribution in [0.1, 0.15) is 18.1 Å². The molecule has 132 valence electrons. The second kappa shape index (κ2) is 8.72. The number of guanidine groups is 1. The van der Waals surface area contributed by atoms with Gasteiger partial charge in [0.2, 0.25) is 0 Å². The molecule has 0 radical (unpaired) electrons. The second-order valence-corrected chi connectivity index (χ2v) is 6.98. The smallest absolute Gasteiger partial charge is 0.194 e. The molecule has 0 bridgehead atoms. The number of benzene rings is 1. The minimum absolute atomic E-state index is 0.686. The summed E-state index contributed by atoms with van der Waals surface area (Å²) in [6.45, 7) is 6.53. The molecule has 0 saturated carbocycles. The molecule has 0 atom stereocenters. The zero-order valence-electron chi connectivity index (χ0n) is 15.0. The van der Waals surface area contributed by atoms with Crippen LogP contribution < -0.4 is 10.2 Å². The summed E-state index contributed by atoms with van der Waals surface area (Å²) in [5.74, 6) is 0.946. The first-order chi connectivity index (χ1) is 12.3. The highest BCUT2D eigenvalue weighted by Gasteiger charge is 2.09. The van der Waals surface area contributed by atoms with Crippen LogP contribution in [0.25, 0.3) is 0 Å². The van der Waals surface area contributed by atoms with E-state index >= 15 is 0 Å². The summed E-state index contributed by atoms with van der Waals surface area (Å²) in [5, 5.41) is 7.70. The first-order valence-corrected chi connectivity index (χ1v) is 9.70. The normalized spacial score (nSPS) is 14.2. The molecule has 2 aromatic rings. The van der Waals surface area contributed by atoms with Gasteiger partial charge in [0.25, 0.3) is 0 Å². The standard InChI is InChI=1S/C20H26N4S/c1-3-21-20(23(2)15-18-9-12-25-16-18)22-14-17-7-6-8-19(13-17)24-10-4-5-11-24/h4-9,12-13,16H,3,10-11,14-15H2,1-2H3,(H,21,22). The predicted octanol–water partition coefficient (Wildman–Crippen LogP) is 3.72. The topological polar surface area (TPSA) is 30.9 Å². The number of anilines is 1. The fourth-order valence-electron chi connectivity index (χ4n) is 2.91. The van der Waals surface area contributed by atoms with E-state index in [0.29, 0.717) is 6.54 Å². The molecule has 0 fully saturated rings. The number of hydrogen-bond acceptors (Lipinski definition) is 3. The van der Waals surface area contributed by atoms with Crippen LogP contribution in [0.2, 0.25) is 0 Å². The van der Waals surface area contributed by atoms with E-state index in [1.54, 1.807) is 11.3 Å². The average molecular weight is 355 g/mol. The maximum Gasteiger partial charge on any atom is 0.194 e. The lowest BCUT2D eigenvalue weighted by molar-refractivity contribution is 0.477. The van der Waals surface area contributed by atoms with Gasteiger partial charge in [-0.15, -0.1) is 0 Å². The SMILES string of the molecule is CCNC(=NCc1cccc(N2CC=CC2)c1)N(C)Cc1ccsc1. The van der Waals surface area contributed by atoms with Crippen molar-refractivity contribution in [2.24, 2.45) is 4.99 Å². The molecule has 25 heavy (non-hydrogen) atoms. The van der Waals surface area contributed by atoms with Crippen LogP contribution >= 0.6 is 11.3 Å². The molecule has 0 amide bonds. The highest BCUT2D eigenvalue weighted by atomic mass is 32.1. The third-order valence-corrected chi connectivity index (χ3v) is 4.93. The fourth-order valence-corrected chi connectivity index (χ4v) is 3.57. The highest BCUT2D eigenvalue weighted by Crippen LogP contribution is 2.19. The number of nitrogens with one attached hydrogen (secondary N) is 1. The Labute approximate surface area is 154 Å². The lowest BCUT2D eigenvalue weighted by Gasteiger charge is -2.22. The van der Waals surface area contributed by atoms with E-state index in [-0.39, 0.29) is 0 Å². The van der Waals surface area contributed by atoms with Gasteiger partial charge in [-0.1, -0.05) is 24.3 Å². The Morgan fingerprint density at radius 3 is 2.80 bits per heavy atom. The second-order valence-electron chi connectivity index (χ2n) is 6.20. The van der Waals surface area contributed by atoms with Crippen LogP contribution in [0.4, 0.5) is 5.69 Å². The van der Waals surface area contributed by atoms with Crippen LogP contribution in [0.5, 0.6) is 0 Å². The Balaban J connectivity index is 1.67. The third-order valence-electron chi connectivity index (χ3n) is 4.20. The summed E-state index contributed by atoms with van der Waals surface area (Å²) in [7, 11) is 2.09. The van der Waals surface area contributed by atoms with E-state index in [0.717, 1.165) is 32.1 Å². The molecule has 1 aliphatic heterocycles. The van der Waals surface area contributed by atoms with Gasteiger partial charge in [0.1, 0.15) is 0 Å². The van der Waals surface area contributed by atoms with Crippen molar-refractivity contribution < 1.29 is 0 Å². The largest absolute Gasteiger partial charge is 0.364 e. The lowest BCUT2D eigenvalue weighted by atomic mass is 10.2. The van der Waals surface area contributed by atoms with Crippen molar-refractivity contribution in [2.75, 3.05) is 31.6 Å². The number of thiophene rings is 1. The van der Waals surface area contributed by atoms with Crippen LogP contribution in [0.3, 0.4) is 0 Å². The Morgan fingerprint density at radius 1 is 1.24 bits per heavy atom. The summed E-state index contributed by atoms with van der Waals surface area (Å²) < 4.78 is 0. The van der Waals surface area contributed by atoms with E-state index in [1.807, 2.05) is 0 Å². The summed E-state index contributed by atoms with van der Waals surface area (Å²) in [5.41, 5.74) is 3.83. The van der Waals surface area contributed by atoms with Crippen LogP contribution in [0.15, 0.2) is 58.2 Å². The predicted molar refractivity (Wildman–Crippen MR) is 108 cm³/mol. The van der Waals surface area contributed by atoms with Gasteiger partial charge in [-0.25, -0.2) is 4.99 Å². The van der Waals surface area contributed by atoms with E-state index in [1.165, 1.54) is 16.8 Å². The Kier molecular flexibility index (Phi) is 6.12. The van der Waals surface area contributed by atoms with Crippen molar-refractivity contribution in [1.82, 2.24) is 10.2 Å². The minimum Gasteiger partial charge on any atom is -0.364 e. The van der Waals surface area contributed by atoms with Gasteiger partial charge in [0, 0.05) is 38.9 Å². The molecule has 0 unspecified atom stereocenters. The first-order valence-electron chi connectivity index (χ1n) is 8.75. The maximum atomic E-state index is 4.83. The van der Waals surface area contributed by atoms with Crippen molar-refractivity contribution >= 4 is 23.0 Å². The Hall–Kier alpha value is -2.27. The summed E-state index contributed by atoms with van der Waals surface area (Å²) >= 11 is 1.73. The van der Waals surface area contributed by atoms with Crippen molar-refractivity contribution in [2.45, 2.75) is 20.0 Å². The van der Waals surface area contributed by atoms with Gasteiger partial charge in [-0.05, 0) is 47.0 Å². The number of hydrogen-bond donors (Lipinski definition) is 1. The summed E-state index contributed by atoms with van der Waals surface area (Å²) in [6.07, 6.45) is 4.43. The van der Waals surface area contributed by atoms with E-state index < -0.39 is 0 Å². The molecular formula is C20H26N4S. The molecule has 1 aromatic heterocycles. The zero-order valence-corrected chi connectivity index (χ0v) is 15.8.